The van der Waals surface area contributed by atoms with Crippen molar-refractivity contribution in [3.8, 4) is 0 Å². The highest BCUT2D eigenvalue weighted by Crippen LogP contribution is 2.12. The van der Waals surface area contributed by atoms with Crippen molar-refractivity contribution in [3.63, 3.8) is 0 Å². The number of hydrogen-bond donors (Lipinski definition) is 2. The molecule has 0 aromatic heterocycles. The summed E-state index contributed by atoms with van der Waals surface area (Å²) in [4.78, 5) is 14.7. The van der Waals surface area contributed by atoms with Gasteiger partial charge in [0.25, 0.3) is 0 Å². The van der Waals surface area contributed by atoms with Crippen molar-refractivity contribution in [1.82, 2.24) is 10.2 Å². The fourth-order valence-corrected chi connectivity index (χ4v) is 2.86. The zero-order chi connectivity index (χ0) is 15.1. The van der Waals surface area contributed by atoms with E-state index in [0.717, 1.165) is 31.7 Å². The van der Waals surface area contributed by atoms with Gasteiger partial charge >= 0.3 is 0 Å². The Morgan fingerprint density at radius 2 is 2.19 bits per heavy atom. The summed E-state index contributed by atoms with van der Waals surface area (Å²) in [5.74, 6) is 0.0765. The van der Waals surface area contributed by atoms with Crippen LogP contribution >= 0.6 is 0 Å². The molecule has 2 N–H and O–H groups in total. The van der Waals surface area contributed by atoms with Crippen LogP contribution in [0.15, 0.2) is 30.3 Å². The second-order valence-corrected chi connectivity index (χ2v) is 5.82. The van der Waals surface area contributed by atoms with Gasteiger partial charge in [0.05, 0.1) is 6.04 Å². The standard InChI is InChI=1S/C17H27N3O/c1-3-12-20(13-16-10-7-11-18-16)14(2)17(21)19-15-8-5-4-6-9-15/h4-6,8-9,14,16,18H,3,7,10-13H2,1-2H3,(H,19,21). The summed E-state index contributed by atoms with van der Waals surface area (Å²) in [5, 5.41) is 6.52. The fraction of sp³-hybridized carbons (Fsp3) is 0.588. The van der Waals surface area contributed by atoms with E-state index in [0.29, 0.717) is 6.04 Å². The van der Waals surface area contributed by atoms with E-state index in [2.05, 4.69) is 22.5 Å². The second kappa shape index (κ2) is 8.15. The summed E-state index contributed by atoms with van der Waals surface area (Å²) in [5.41, 5.74) is 0.866. The fourth-order valence-electron chi connectivity index (χ4n) is 2.86. The summed E-state index contributed by atoms with van der Waals surface area (Å²) >= 11 is 0. The van der Waals surface area contributed by atoms with Crippen molar-refractivity contribution in [2.45, 2.75) is 45.2 Å². The normalized spacial score (nSPS) is 19.7. The molecule has 0 saturated carbocycles. The smallest absolute Gasteiger partial charge is 0.241 e. The van der Waals surface area contributed by atoms with Gasteiger partial charge in [-0.05, 0) is 51.4 Å². The number of amides is 1. The van der Waals surface area contributed by atoms with E-state index in [-0.39, 0.29) is 11.9 Å². The van der Waals surface area contributed by atoms with Crippen LogP contribution in [0.5, 0.6) is 0 Å². The summed E-state index contributed by atoms with van der Waals surface area (Å²) in [7, 11) is 0. The molecule has 2 atom stereocenters. The lowest BCUT2D eigenvalue weighted by molar-refractivity contribution is -0.120. The Labute approximate surface area is 127 Å². The van der Waals surface area contributed by atoms with Crippen LogP contribution in [0, 0.1) is 0 Å². The molecule has 1 amide bonds. The van der Waals surface area contributed by atoms with Gasteiger partial charge in [0, 0.05) is 18.3 Å². The number of benzene rings is 1. The van der Waals surface area contributed by atoms with Crippen LogP contribution in [0.4, 0.5) is 5.69 Å². The number of para-hydroxylation sites is 1. The van der Waals surface area contributed by atoms with Gasteiger partial charge < -0.3 is 10.6 Å². The maximum absolute atomic E-state index is 12.4. The molecule has 1 aromatic rings. The summed E-state index contributed by atoms with van der Waals surface area (Å²) in [6, 6.07) is 10.1. The van der Waals surface area contributed by atoms with Crippen molar-refractivity contribution in [1.29, 1.82) is 0 Å². The topological polar surface area (TPSA) is 44.4 Å². The third-order valence-electron chi connectivity index (χ3n) is 4.10. The Kier molecular flexibility index (Phi) is 6.21. The summed E-state index contributed by atoms with van der Waals surface area (Å²) < 4.78 is 0. The van der Waals surface area contributed by atoms with Crippen molar-refractivity contribution in [3.05, 3.63) is 30.3 Å². The molecule has 1 fully saturated rings. The van der Waals surface area contributed by atoms with Gasteiger partial charge in [-0.1, -0.05) is 25.1 Å². The number of rotatable bonds is 7. The molecule has 2 rings (SSSR count). The molecular weight excluding hydrogens is 262 g/mol. The summed E-state index contributed by atoms with van der Waals surface area (Å²) in [6.45, 7) is 7.19. The van der Waals surface area contributed by atoms with Crippen molar-refractivity contribution in [2.75, 3.05) is 25.0 Å². The third kappa shape index (κ3) is 4.83. The first kappa shape index (κ1) is 16.0. The lowest BCUT2D eigenvalue weighted by Crippen LogP contribution is -2.47. The number of anilines is 1. The first-order valence-corrected chi connectivity index (χ1v) is 8.04. The number of carbonyl (C=O) groups excluding carboxylic acids is 1. The van der Waals surface area contributed by atoms with Gasteiger partial charge in [0.1, 0.15) is 0 Å². The van der Waals surface area contributed by atoms with Crippen LogP contribution in [0.25, 0.3) is 0 Å². The van der Waals surface area contributed by atoms with Crippen molar-refractivity contribution in [2.24, 2.45) is 0 Å². The van der Waals surface area contributed by atoms with E-state index in [1.807, 2.05) is 37.3 Å². The Balaban J connectivity index is 1.92. The first-order valence-electron chi connectivity index (χ1n) is 8.04. The predicted molar refractivity (Wildman–Crippen MR) is 87.4 cm³/mol. The highest BCUT2D eigenvalue weighted by molar-refractivity contribution is 5.94. The van der Waals surface area contributed by atoms with Crippen LogP contribution in [0.2, 0.25) is 0 Å². The zero-order valence-electron chi connectivity index (χ0n) is 13.1. The van der Waals surface area contributed by atoms with Gasteiger partial charge in [-0.25, -0.2) is 0 Å². The van der Waals surface area contributed by atoms with Gasteiger partial charge in [0.2, 0.25) is 5.91 Å². The second-order valence-electron chi connectivity index (χ2n) is 5.82. The van der Waals surface area contributed by atoms with E-state index in [4.69, 9.17) is 0 Å². The molecule has 1 aliphatic rings. The molecule has 0 aliphatic carbocycles. The number of carbonyl (C=O) groups is 1. The number of hydrogen-bond acceptors (Lipinski definition) is 3. The molecule has 2 unspecified atom stereocenters. The maximum atomic E-state index is 12.4. The van der Waals surface area contributed by atoms with Crippen LogP contribution < -0.4 is 10.6 Å². The molecule has 4 heteroatoms. The SMILES string of the molecule is CCCN(CC1CCCN1)C(C)C(=O)Nc1ccccc1. The highest BCUT2D eigenvalue weighted by atomic mass is 16.2. The Hall–Kier alpha value is -1.39. The molecule has 1 saturated heterocycles. The largest absolute Gasteiger partial charge is 0.325 e. The van der Waals surface area contributed by atoms with Gasteiger partial charge in [-0.3, -0.25) is 9.69 Å². The lowest BCUT2D eigenvalue weighted by Gasteiger charge is -2.30. The minimum absolute atomic E-state index is 0.0765. The Morgan fingerprint density at radius 1 is 1.43 bits per heavy atom. The number of nitrogens with zero attached hydrogens (tertiary/aromatic N) is 1. The van der Waals surface area contributed by atoms with E-state index in [9.17, 15) is 4.79 Å². The monoisotopic (exact) mass is 289 g/mol. The third-order valence-corrected chi connectivity index (χ3v) is 4.10. The van der Waals surface area contributed by atoms with Crippen LogP contribution in [0.3, 0.4) is 0 Å². The minimum Gasteiger partial charge on any atom is -0.325 e. The van der Waals surface area contributed by atoms with Crippen LogP contribution in [-0.4, -0.2) is 42.5 Å². The quantitative estimate of drug-likeness (QED) is 0.810. The molecule has 1 heterocycles. The Bertz CT molecular complexity index is 429. The average molecular weight is 289 g/mol. The van der Waals surface area contributed by atoms with Crippen LogP contribution in [-0.2, 0) is 4.79 Å². The lowest BCUT2D eigenvalue weighted by atomic mass is 10.1. The van der Waals surface area contributed by atoms with Gasteiger partial charge in [-0.15, -0.1) is 0 Å². The molecular formula is C17H27N3O. The Morgan fingerprint density at radius 3 is 2.81 bits per heavy atom. The van der Waals surface area contributed by atoms with Crippen LogP contribution in [0.1, 0.15) is 33.1 Å². The molecule has 0 bridgehead atoms. The van der Waals surface area contributed by atoms with E-state index in [1.54, 1.807) is 0 Å². The first-order chi connectivity index (χ1) is 10.2. The van der Waals surface area contributed by atoms with Gasteiger partial charge in [0.15, 0.2) is 0 Å². The molecule has 21 heavy (non-hydrogen) atoms. The maximum Gasteiger partial charge on any atom is 0.241 e. The molecule has 0 radical (unpaired) electrons. The van der Waals surface area contributed by atoms with Gasteiger partial charge in [-0.2, -0.15) is 0 Å². The molecule has 4 nitrogen and oxygen atoms in total. The van der Waals surface area contributed by atoms with E-state index < -0.39 is 0 Å². The van der Waals surface area contributed by atoms with E-state index >= 15 is 0 Å². The molecule has 1 aliphatic heterocycles. The minimum atomic E-state index is -0.104. The molecule has 1 aromatic carbocycles. The van der Waals surface area contributed by atoms with Crippen molar-refractivity contribution >= 4 is 11.6 Å². The average Bonchev–Trinajstić information content (AvgIpc) is 3.00. The molecule has 116 valence electrons. The molecule has 0 spiro atoms. The number of nitrogens with one attached hydrogen (secondary N) is 2. The highest BCUT2D eigenvalue weighted by Gasteiger charge is 2.25. The zero-order valence-corrected chi connectivity index (χ0v) is 13.1. The summed E-state index contributed by atoms with van der Waals surface area (Å²) in [6.07, 6.45) is 3.53. The van der Waals surface area contributed by atoms with Crippen molar-refractivity contribution < 1.29 is 4.79 Å². The van der Waals surface area contributed by atoms with E-state index in [1.165, 1.54) is 12.8 Å². The predicted octanol–water partition coefficient (Wildman–Crippen LogP) is 2.48.